The molecule has 4 rings (SSSR count). The summed E-state index contributed by atoms with van der Waals surface area (Å²) in [5, 5.41) is 25.4. The molecule has 164 valence electrons. The molecule has 0 spiro atoms. The molecule has 3 aliphatic rings. The van der Waals surface area contributed by atoms with Crippen LogP contribution in [-0.4, -0.2) is 73.3 Å². The second-order valence-corrected chi connectivity index (χ2v) is 8.99. The number of thiazole rings is 1. The lowest BCUT2D eigenvalue weighted by Gasteiger charge is -2.49. The predicted molar refractivity (Wildman–Crippen MR) is 109 cm³/mol. The van der Waals surface area contributed by atoms with Crippen molar-refractivity contribution in [1.82, 2.24) is 15.2 Å². The van der Waals surface area contributed by atoms with Gasteiger partial charge in [-0.1, -0.05) is 5.16 Å². The van der Waals surface area contributed by atoms with Crippen molar-refractivity contribution in [2.75, 3.05) is 18.1 Å². The number of carboxylic acids is 2. The first-order chi connectivity index (χ1) is 14.8. The van der Waals surface area contributed by atoms with Crippen LogP contribution in [0.25, 0.3) is 0 Å². The maximum Gasteiger partial charge on any atom is 0.352 e. The summed E-state index contributed by atoms with van der Waals surface area (Å²) >= 11 is 2.43. The van der Waals surface area contributed by atoms with Crippen LogP contribution < -0.4 is 11.1 Å². The Morgan fingerprint density at radius 3 is 2.68 bits per heavy atom. The van der Waals surface area contributed by atoms with Crippen molar-refractivity contribution in [3.8, 4) is 0 Å². The number of nitrogens with two attached hydrogens (primary N) is 1. The molecule has 0 radical (unpaired) electrons. The SMILES string of the molecule is Nc1nc(/C(=N\OCC(=O)O)C(=O)N[C@@H]2C(=O)N3C(C(=O)O)=C(C4CC4)CS[C@H]23)cs1. The number of carbonyl (C=O) groups excluding carboxylic acids is 2. The maximum atomic E-state index is 12.8. The third-order valence-corrected chi connectivity index (χ3v) is 6.86. The van der Waals surface area contributed by atoms with Gasteiger partial charge in [0.15, 0.2) is 10.8 Å². The number of nitrogen functional groups attached to an aromatic ring is 1. The summed E-state index contributed by atoms with van der Waals surface area (Å²) in [6, 6.07) is -0.965. The smallest absolute Gasteiger partial charge is 0.352 e. The molecule has 31 heavy (non-hydrogen) atoms. The van der Waals surface area contributed by atoms with Gasteiger partial charge in [0.25, 0.3) is 11.8 Å². The van der Waals surface area contributed by atoms with Crippen molar-refractivity contribution in [2.45, 2.75) is 24.3 Å². The van der Waals surface area contributed by atoms with Gasteiger partial charge >= 0.3 is 11.9 Å². The largest absolute Gasteiger partial charge is 0.479 e. The molecule has 2 aliphatic heterocycles. The number of hydrogen-bond acceptors (Lipinski definition) is 10. The van der Waals surface area contributed by atoms with Crippen LogP contribution in [0.3, 0.4) is 0 Å². The maximum absolute atomic E-state index is 12.8. The Bertz CT molecular complexity index is 1030. The van der Waals surface area contributed by atoms with Gasteiger partial charge in [-0.25, -0.2) is 14.6 Å². The number of amides is 2. The second-order valence-electron chi connectivity index (χ2n) is 6.99. The summed E-state index contributed by atoms with van der Waals surface area (Å²) in [7, 11) is 0. The van der Waals surface area contributed by atoms with Crippen LogP contribution in [0.4, 0.5) is 5.13 Å². The highest BCUT2D eigenvalue weighted by atomic mass is 32.2. The number of anilines is 1. The third kappa shape index (κ3) is 4.07. The molecule has 2 fully saturated rings. The monoisotopic (exact) mass is 467 g/mol. The van der Waals surface area contributed by atoms with E-state index in [9.17, 15) is 24.3 Å². The van der Waals surface area contributed by atoms with Crippen LogP contribution in [0, 0.1) is 5.92 Å². The number of fused-ring (bicyclic) bond motifs is 1. The van der Waals surface area contributed by atoms with E-state index in [1.807, 2.05) is 0 Å². The lowest BCUT2D eigenvalue weighted by Crippen LogP contribution is -2.71. The topological polar surface area (TPSA) is 185 Å². The molecule has 2 atom stereocenters. The predicted octanol–water partition coefficient (Wildman–Crippen LogP) is -0.321. The Labute approximate surface area is 183 Å². The molecular weight excluding hydrogens is 450 g/mol. The minimum atomic E-state index is -1.29. The number of nitrogens with one attached hydrogen (secondary N) is 1. The number of carboxylic acid groups (broad SMARTS) is 2. The zero-order chi connectivity index (χ0) is 22.3. The Hall–Kier alpha value is -3.13. The van der Waals surface area contributed by atoms with Gasteiger partial charge < -0.3 is 26.1 Å². The van der Waals surface area contributed by atoms with Crippen LogP contribution in [0.5, 0.6) is 0 Å². The van der Waals surface area contributed by atoms with E-state index in [4.69, 9.17) is 10.8 Å². The number of oxime groups is 1. The zero-order valence-corrected chi connectivity index (χ0v) is 17.4. The van der Waals surface area contributed by atoms with E-state index < -0.39 is 41.8 Å². The summed E-state index contributed by atoms with van der Waals surface area (Å²) in [6.45, 7) is -0.776. The van der Waals surface area contributed by atoms with Crippen molar-refractivity contribution in [1.29, 1.82) is 0 Å². The molecule has 1 saturated heterocycles. The highest BCUT2D eigenvalue weighted by Gasteiger charge is 2.55. The van der Waals surface area contributed by atoms with Crippen molar-refractivity contribution in [2.24, 2.45) is 11.1 Å². The number of hydrogen-bond donors (Lipinski definition) is 4. The zero-order valence-electron chi connectivity index (χ0n) is 15.8. The molecule has 2 amide bonds. The quantitative estimate of drug-likeness (QED) is 0.224. The molecule has 1 aromatic heterocycles. The van der Waals surface area contributed by atoms with Gasteiger partial charge in [-0.3, -0.25) is 14.5 Å². The van der Waals surface area contributed by atoms with Gasteiger partial charge in [0, 0.05) is 11.1 Å². The molecule has 0 unspecified atom stereocenters. The summed E-state index contributed by atoms with van der Waals surface area (Å²) in [6.07, 6.45) is 1.82. The van der Waals surface area contributed by atoms with Gasteiger partial charge in [-0.15, -0.1) is 23.1 Å². The number of rotatable bonds is 8. The molecule has 0 aromatic carbocycles. The summed E-state index contributed by atoms with van der Waals surface area (Å²) in [5.41, 5.74) is 6.08. The number of thioether (sulfide) groups is 1. The minimum absolute atomic E-state index is 0.00714. The number of β-lactam (4-membered cyclic amide) rings is 1. The lowest BCUT2D eigenvalue weighted by molar-refractivity contribution is -0.150. The third-order valence-electron chi connectivity index (χ3n) is 4.88. The van der Waals surface area contributed by atoms with Gasteiger partial charge in [-0.2, -0.15) is 0 Å². The van der Waals surface area contributed by atoms with Crippen LogP contribution in [0.2, 0.25) is 0 Å². The molecule has 3 heterocycles. The van der Waals surface area contributed by atoms with E-state index in [1.165, 1.54) is 22.0 Å². The van der Waals surface area contributed by atoms with Crippen molar-refractivity contribution in [3.63, 3.8) is 0 Å². The molecule has 0 bridgehead atoms. The second kappa shape index (κ2) is 8.19. The Kier molecular flexibility index (Phi) is 5.58. The first-order valence-corrected chi connectivity index (χ1v) is 11.1. The van der Waals surface area contributed by atoms with E-state index in [2.05, 4.69) is 20.3 Å². The Morgan fingerprint density at radius 2 is 2.10 bits per heavy atom. The highest BCUT2D eigenvalue weighted by molar-refractivity contribution is 8.00. The summed E-state index contributed by atoms with van der Waals surface area (Å²) in [4.78, 5) is 57.8. The lowest BCUT2D eigenvalue weighted by atomic mass is 10.0. The normalized spacial score (nSPS) is 23.2. The molecular formula is C17H17N5O7S2. The molecule has 1 saturated carbocycles. The summed E-state index contributed by atoms with van der Waals surface area (Å²) < 4.78 is 0. The van der Waals surface area contributed by atoms with Crippen molar-refractivity contribution in [3.05, 3.63) is 22.3 Å². The number of aromatic nitrogens is 1. The van der Waals surface area contributed by atoms with Crippen molar-refractivity contribution >= 4 is 57.7 Å². The van der Waals surface area contributed by atoms with E-state index in [0.29, 0.717) is 5.75 Å². The fourth-order valence-electron chi connectivity index (χ4n) is 3.35. The van der Waals surface area contributed by atoms with Crippen LogP contribution in [0.15, 0.2) is 21.8 Å². The number of nitrogens with zero attached hydrogens (tertiary/aromatic N) is 3. The highest BCUT2D eigenvalue weighted by Crippen LogP contribution is 2.47. The average Bonchev–Trinajstić information content (AvgIpc) is 3.48. The van der Waals surface area contributed by atoms with Crippen LogP contribution >= 0.6 is 23.1 Å². The van der Waals surface area contributed by atoms with Gasteiger partial charge in [0.2, 0.25) is 6.61 Å². The van der Waals surface area contributed by atoms with Crippen molar-refractivity contribution < 1.29 is 34.2 Å². The minimum Gasteiger partial charge on any atom is -0.479 e. The first-order valence-electron chi connectivity index (χ1n) is 9.13. The Morgan fingerprint density at radius 1 is 1.35 bits per heavy atom. The van der Waals surface area contributed by atoms with E-state index in [1.54, 1.807) is 0 Å². The molecule has 1 aliphatic carbocycles. The van der Waals surface area contributed by atoms with E-state index >= 15 is 0 Å². The van der Waals surface area contributed by atoms with Gasteiger partial charge in [-0.05, 0) is 24.3 Å². The van der Waals surface area contributed by atoms with Gasteiger partial charge in [0.1, 0.15) is 22.8 Å². The average molecular weight is 467 g/mol. The first kappa shape index (κ1) is 21.1. The molecule has 12 nitrogen and oxygen atoms in total. The van der Waals surface area contributed by atoms with Crippen LogP contribution in [0.1, 0.15) is 18.5 Å². The molecule has 5 N–H and O–H groups in total. The fourth-order valence-corrected chi connectivity index (χ4v) is 5.36. The Balaban J connectivity index is 1.52. The number of aliphatic carboxylic acids is 2. The van der Waals surface area contributed by atoms with Crippen LogP contribution in [-0.2, 0) is 24.0 Å². The summed E-state index contributed by atoms with van der Waals surface area (Å²) in [5.74, 6) is -3.14. The van der Waals surface area contributed by atoms with Gasteiger partial charge in [0.05, 0.1) is 0 Å². The van der Waals surface area contributed by atoms with E-state index in [0.717, 1.165) is 29.8 Å². The standard InChI is InChI=1S/C17H17N5O7S2/c18-17-19-8(5-31-17)10(21-29-3-9(23)24)13(25)20-11-14(26)22-12(16(27)28)7(6-1-2-6)4-30-15(11)22/h5-6,11,15H,1-4H2,(H2,18,19)(H,20,25)(H,23,24)(H,27,28)/b21-10+/t11-,15-/m1/s1. The number of carbonyl (C=O) groups is 4. The molecule has 14 heteroatoms. The van der Waals surface area contributed by atoms with E-state index in [-0.39, 0.29) is 28.2 Å². The molecule has 1 aromatic rings. The fraction of sp³-hybridized carbons (Fsp3) is 0.412.